The highest BCUT2D eigenvalue weighted by Gasteiger charge is 2.07. The van der Waals surface area contributed by atoms with E-state index >= 15 is 0 Å². The Bertz CT molecular complexity index is 951. The van der Waals surface area contributed by atoms with Crippen molar-refractivity contribution in [3.8, 4) is 11.9 Å². The SMILES string of the molecule is CC(=O)c1ccc(C#N)c(NCc2ccc(-n3ccnc3C)nc2)c1. The van der Waals surface area contributed by atoms with Crippen LogP contribution < -0.4 is 5.32 Å². The van der Waals surface area contributed by atoms with Crippen LogP contribution in [-0.2, 0) is 6.54 Å². The van der Waals surface area contributed by atoms with Crippen LogP contribution in [-0.4, -0.2) is 20.3 Å². The highest BCUT2D eigenvalue weighted by Crippen LogP contribution is 2.19. The summed E-state index contributed by atoms with van der Waals surface area (Å²) < 4.78 is 1.90. The Kier molecular flexibility index (Phi) is 4.57. The number of aromatic nitrogens is 3. The van der Waals surface area contributed by atoms with Gasteiger partial charge in [0.05, 0.1) is 11.3 Å². The first-order valence-corrected chi connectivity index (χ1v) is 7.82. The molecule has 0 fully saturated rings. The molecule has 0 saturated carbocycles. The summed E-state index contributed by atoms with van der Waals surface area (Å²) >= 11 is 0. The number of carbonyl (C=O) groups excluding carboxylic acids is 1. The lowest BCUT2D eigenvalue weighted by Crippen LogP contribution is -2.05. The molecule has 0 spiro atoms. The van der Waals surface area contributed by atoms with Gasteiger partial charge in [0.2, 0.25) is 0 Å². The van der Waals surface area contributed by atoms with Crippen LogP contribution in [0.2, 0.25) is 0 Å². The largest absolute Gasteiger partial charge is 0.380 e. The number of hydrogen-bond acceptors (Lipinski definition) is 5. The quantitative estimate of drug-likeness (QED) is 0.726. The van der Waals surface area contributed by atoms with Crippen LogP contribution in [0.3, 0.4) is 0 Å². The number of nitriles is 1. The average Bonchev–Trinajstić information content (AvgIpc) is 3.06. The Morgan fingerprint density at radius 2 is 2.12 bits per heavy atom. The van der Waals surface area contributed by atoms with E-state index in [-0.39, 0.29) is 5.78 Å². The number of nitrogens with one attached hydrogen (secondary N) is 1. The molecule has 0 radical (unpaired) electrons. The first-order chi connectivity index (χ1) is 12.1. The first kappa shape index (κ1) is 16.4. The molecule has 1 N–H and O–H groups in total. The maximum absolute atomic E-state index is 11.5. The number of rotatable bonds is 5. The molecule has 0 unspecified atom stereocenters. The Labute approximate surface area is 145 Å². The molecule has 124 valence electrons. The van der Waals surface area contributed by atoms with Crippen LogP contribution in [0.5, 0.6) is 0 Å². The molecule has 0 bridgehead atoms. The van der Waals surface area contributed by atoms with Crippen molar-refractivity contribution in [2.24, 2.45) is 0 Å². The molecule has 6 heteroatoms. The van der Waals surface area contributed by atoms with Crippen molar-refractivity contribution in [1.29, 1.82) is 5.26 Å². The van der Waals surface area contributed by atoms with Gasteiger partial charge in [-0.3, -0.25) is 9.36 Å². The predicted molar refractivity (Wildman–Crippen MR) is 94.6 cm³/mol. The van der Waals surface area contributed by atoms with Crippen LogP contribution in [0.15, 0.2) is 48.9 Å². The normalized spacial score (nSPS) is 10.3. The molecule has 1 aromatic carbocycles. The van der Waals surface area contributed by atoms with E-state index in [0.717, 1.165) is 17.2 Å². The van der Waals surface area contributed by atoms with Crippen molar-refractivity contribution in [2.45, 2.75) is 20.4 Å². The maximum Gasteiger partial charge on any atom is 0.159 e. The highest BCUT2D eigenvalue weighted by molar-refractivity contribution is 5.95. The number of hydrogen-bond donors (Lipinski definition) is 1. The van der Waals surface area contributed by atoms with Gasteiger partial charge < -0.3 is 5.32 Å². The van der Waals surface area contributed by atoms with E-state index in [4.69, 9.17) is 0 Å². The van der Waals surface area contributed by atoms with Crippen molar-refractivity contribution >= 4 is 11.5 Å². The zero-order chi connectivity index (χ0) is 17.8. The molecule has 25 heavy (non-hydrogen) atoms. The number of nitrogens with zero attached hydrogens (tertiary/aromatic N) is 4. The number of benzene rings is 1. The Hall–Kier alpha value is -3.46. The molecule has 2 heterocycles. The zero-order valence-corrected chi connectivity index (χ0v) is 14.0. The lowest BCUT2D eigenvalue weighted by molar-refractivity contribution is 0.101. The maximum atomic E-state index is 11.5. The van der Waals surface area contributed by atoms with Gasteiger partial charge in [-0.1, -0.05) is 6.07 Å². The summed E-state index contributed by atoms with van der Waals surface area (Å²) in [6.07, 6.45) is 5.38. The summed E-state index contributed by atoms with van der Waals surface area (Å²) in [5, 5.41) is 12.4. The fourth-order valence-electron chi connectivity index (χ4n) is 2.49. The van der Waals surface area contributed by atoms with Crippen LogP contribution >= 0.6 is 0 Å². The minimum atomic E-state index is -0.0331. The third-order valence-corrected chi connectivity index (χ3v) is 3.91. The van der Waals surface area contributed by atoms with Gasteiger partial charge in [-0.15, -0.1) is 0 Å². The molecule has 3 rings (SSSR count). The summed E-state index contributed by atoms with van der Waals surface area (Å²) in [5.41, 5.74) is 2.69. The lowest BCUT2D eigenvalue weighted by Gasteiger charge is -2.10. The minimum absolute atomic E-state index is 0.0331. The molecular weight excluding hydrogens is 314 g/mol. The molecular formula is C19H17N5O. The third-order valence-electron chi connectivity index (χ3n) is 3.91. The van der Waals surface area contributed by atoms with E-state index in [1.807, 2.05) is 29.8 Å². The molecule has 0 atom stereocenters. The summed E-state index contributed by atoms with van der Waals surface area (Å²) in [7, 11) is 0. The van der Waals surface area contributed by atoms with E-state index in [1.54, 1.807) is 30.6 Å². The number of anilines is 1. The fourth-order valence-corrected chi connectivity index (χ4v) is 2.49. The van der Waals surface area contributed by atoms with Gasteiger partial charge in [0.1, 0.15) is 17.7 Å². The van der Waals surface area contributed by atoms with Crippen LogP contribution in [0, 0.1) is 18.3 Å². The lowest BCUT2D eigenvalue weighted by atomic mass is 10.1. The average molecular weight is 331 g/mol. The van der Waals surface area contributed by atoms with Crippen LogP contribution in [0.1, 0.15) is 34.2 Å². The molecule has 0 aliphatic heterocycles. The topological polar surface area (TPSA) is 83.6 Å². The molecule has 0 amide bonds. The smallest absolute Gasteiger partial charge is 0.159 e. The molecule has 0 aliphatic carbocycles. The van der Waals surface area contributed by atoms with Crippen molar-refractivity contribution in [3.05, 3.63) is 71.4 Å². The van der Waals surface area contributed by atoms with E-state index in [9.17, 15) is 10.1 Å². The molecule has 6 nitrogen and oxygen atoms in total. The van der Waals surface area contributed by atoms with Crippen molar-refractivity contribution < 1.29 is 4.79 Å². The third kappa shape index (κ3) is 3.56. The van der Waals surface area contributed by atoms with Gasteiger partial charge >= 0.3 is 0 Å². The molecule has 0 aliphatic rings. The molecule has 2 aromatic heterocycles. The molecule has 0 saturated heterocycles. The van der Waals surface area contributed by atoms with Crippen molar-refractivity contribution in [3.63, 3.8) is 0 Å². The highest BCUT2D eigenvalue weighted by atomic mass is 16.1. The van der Waals surface area contributed by atoms with Gasteiger partial charge in [0.25, 0.3) is 0 Å². The Morgan fingerprint density at radius 3 is 2.72 bits per heavy atom. The van der Waals surface area contributed by atoms with E-state index in [0.29, 0.717) is 23.4 Å². The second-order valence-corrected chi connectivity index (χ2v) is 5.65. The number of carbonyl (C=O) groups is 1. The number of imidazole rings is 1. The monoisotopic (exact) mass is 331 g/mol. The predicted octanol–water partition coefficient (Wildman–Crippen LogP) is 3.26. The van der Waals surface area contributed by atoms with Gasteiger partial charge in [-0.05, 0) is 43.7 Å². The summed E-state index contributed by atoms with van der Waals surface area (Å²) in [4.78, 5) is 20.2. The number of ketones is 1. The number of Topliss-reactive ketones (excluding diaryl/α,β-unsaturated/α-hetero) is 1. The standard InChI is InChI=1S/C19H17N5O/c1-13(25)16-4-5-17(10-20)18(9-16)22-11-15-3-6-19(23-12-15)24-8-7-21-14(24)2/h3-9,12,22H,11H2,1-2H3. The van der Waals surface area contributed by atoms with Crippen LogP contribution in [0.25, 0.3) is 5.82 Å². The summed E-state index contributed by atoms with van der Waals surface area (Å²) in [6.45, 7) is 3.93. The summed E-state index contributed by atoms with van der Waals surface area (Å²) in [5.74, 6) is 1.64. The zero-order valence-electron chi connectivity index (χ0n) is 14.0. The fraction of sp³-hybridized carbons (Fsp3) is 0.158. The van der Waals surface area contributed by atoms with E-state index in [2.05, 4.69) is 21.4 Å². The first-order valence-electron chi connectivity index (χ1n) is 7.82. The van der Waals surface area contributed by atoms with E-state index < -0.39 is 0 Å². The van der Waals surface area contributed by atoms with Gasteiger partial charge in [-0.2, -0.15) is 5.26 Å². The van der Waals surface area contributed by atoms with Gasteiger partial charge in [-0.25, -0.2) is 9.97 Å². The van der Waals surface area contributed by atoms with Gasteiger partial charge in [0.15, 0.2) is 5.78 Å². The number of aryl methyl sites for hydroxylation is 1. The minimum Gasteiger partial charge on any atom is -0.380 e. The summed E-state index contributed by atoms with van der Waals surface area (Å²) in [6, 6.07) is 11.0. The van der Waals surface area contributed by atoms with Crippen molar-refractivity contribution in [2.75, 3.05) is 5.32 Å². The molecule has 3 aromatic rings. The van der Waals surface area contributed by atoms with Gasteiger partial charge in [0, 0.05) is 30.7 Å². The van der Waals surface area contributed by atoms with E-state index in [1.165, 1.54) is 6.92 Å². The van der Waals surface area contributed by atoms with Crippen LogP contribution in [0.4, 0.5) is 5.69 Å². The second kappa shape index (κ2) is 6.97. The Balaban J connectivity index is 1.76. The number of pyridine rings is 1. The Morgan fingerprint density at radius 1 is 1.28 bits per heavy atom. The second-order valence-electron chi connectivity index (χ2n) is 5.65. The van der Waals surface area contributed by atoms with Crippen molar-refractivity contribution in [1.82, 2.24) is 14.5 Å².